The molecule has 0 radical (unpaired) electrons. The fourth-order valence-electron chi connectivity index (χ4n) is 3.06. The first-order valence-electron chi connectivity index (χ1n) is 8.78. The van der Waals surface area contributed by atoms with E-state index in [9.17, 15) is 4.39 Å². The van der Waals surface area contributed by atoms with Gasteiger partial charge < -0.3 is 14.8 Å². The number of aromatic nitrogens is 2. The summed E-state index contributed by atoms with van der Waals surface area (Å²) >= 11 is 6.22. The van der Waals surface area contributed by atoms with E-state index in [0.717, 1.165) is 27.7 Å². The molecule has 0 aliphatic carbocycles. The van der Waals surface area contributed by atoms with Gasteiger partial charge in [0.2, 0.25) is 0 Å². The van der Waals surface area contributed by atoms with Crippen molar-refractivity contribution >= 4 is 34.0 Å². The highest BCUT2D eigenvalue weighted by molar-refractivity contribution is 6.32. The molecule has 0 aliphatic rings. The Morgan fingerprint density at radius 2 is 1.59 bits per heavy atom. The van der Waals surface area contributed by atoms with Crippen LogP contribution in [0.2, 0.25) is 5.02 Å². The molecule has 0 unspecified atom stereocenters. The summed E-state index contributed by atoms with van der Waals surface area (Å²) in [6.45, 7) is 0. The first kappa shape index (κ1) is 19.0. The zero-order valence-electron chi connectivity index (χ0n) is 15.7. The fourth-order valence-corrected chi connectivity index (χ4v) is 3.32. The summed E-state index contributed by atoms with van der Waals surface area (Å²) in [4.78, 5) is 8.68. The normalized spacial score (nSPS) is 10.8. The molecule has 4 aromatic rings. The van der Waals surface area contributed by atoms with Crippen molar-refractivity contribution in [3.63, 3.8) is 0 Å². The molecule has 7 heteroatoms. The topological polar surface area (TPSA) is 56.3 Å². The molecule has 0 bridgehead atoms. The number of anilines is 2. The lowest BCUT2D eigenvalue weighted by Crippen LogP contribution is -1.97. The maximum Gasteiger partial charge on any atom is 0.165 e. The summed E-state index contributed by atoms with van der Waals surface area (Å²) in [6, 6.07) is 15.9. The molecule has 1 aromatic heterocycles. The lowest BCUT2D eigenvalue weighted by atomic mass is 10.0. The van der Waals surface area contributed by atoms with E-state index in [1.165, 1.54) is 19.5 Å². The Morgan fingerprint density at radius 3 is 2.31 bits per heavy atom. The molecule has 0 saturated carbocycles. The Hall–Kier alpha value is -3.38. The quantitative estimate of drug-likeness (QED) is 0.448. The Balaban J connectivity index is 1.75. The Morgan fingerprint density at radius 1 is 0.862 bits per heavy atom. The van der Waals surface area contributed by atoms with E-state index in [2.05, 4.69) is 15.3 Å². The van der Waals surface area contributed by atoms with Crippen molar-refractivity contribution in [1.82, 2.24) is 9.97 Å². The molecule has 146 valence electrons. The average molecular weight is 410 g/mol. The van der Waals surface area contributed by atoms with Crippen LogP contribution in [0.3, 0.4) is 0 Å². The molecular weight excluding hydrogens is 393 g/mol. The van der Waals surface area contributed by atoms with Gasteiger partial charge in [0.05, 0.1) is 24.8 Å². The first-order chi connectivity index (χ1) is 14.1. The summed E-state index contributed by atoms with van der Waals surface area (Å²) in [7, 11) is 3.00. The Kier molecular flexibility index (Phi) is 5.18. The van der Waals surface area contributed by atoms with Crippen LogP contribution in [0.25, 0.3) is 22.0 Å². The highest BCUT2D eigenvalue weighted by Gasteiger charge is 2.10. The second-order valence-corrected chi connectivity index (χ2v) is 6.69. The second-order valence-electron chi connectivity index (χ2n) is 6.28. The molecule has 1 N–H and O–H groups in total. The predicted octanol–water partition coefficient (Wildman–Crippen LogP) is 5.85. The van der Waals surface area contributed by atoms with E-state index in [4.69, 9.17) is 21.1 Å². The highest BCUT2D eigenvalue weighted by Crippen LogP contribution is 2.32. The number of ether oxygens (including phenoxy) is 2. The number of nitrogens with zero attached hydrogens (tertiary/aromatic N) is 2. The fraction of sp³-hybridized carbons (Fsp3) is 0.0909. The van der Waals surface area contributed by atoms with Crippen LogP contribution < -0.4 is 14.8 Å². The lowest BCUT2D eigenvalue weighted by Gasteiger charge is -2.11. The predicted molar refractivity (Wildman–Crippen MR) is 113 cm³/mol. The highest BCUT2D eigenvalue weighted by atomic mass is 35.5. The van der Waals surface area contributed by atoms with Crippen LogP contribution in [0.15, 0.2) is 60.9 Å². The third kappa shape index (κ3) is 3.79. The third-order valence-electron chi connectivity index (χ3n) is 4.53. The van der Waals surface area contributed by atoms with Crippen LogP contribution in [0, 0.1) is 5.82 Å². The van der Waals surface area contributed by atoms with E-state index in [1.54, 1.807) is 25.3 Å². The van der Waals surface area contributed by atoms with E-state index >= 15 is 0 Å². The van der Waals surface area contributed by atoms with Crippen molar-refractivity contribution in [3.05, 3.63) is 71.8 Å². The summed E-state index contributed by atoms with van der Waals surface area (Å²) in [6.07, 6.45) is 1.49. The summed E-state index contributed by atoms with van der Waals surface area (Å²) in [5, 5.41) is 4.55. The molecule has 0 spiro atoms. The number of halogens is 2. The van der Waals surface area contributed by atoms with Gasteiger partial charge in [0.25, 0.3) is 0 Å². The van der Waals surface area contributed by atoms with Crippen LogP contribution in [0.1, 0.15) is 0 Å². The van der Waals surface area contributed by atoms with Crippen LogP contribution in [0.4, 0.5) is 15.9 Å². The SMILES string of the molecule is COc1ccc(-c2ccc3ncnc(Nc4ccc(OC)c(Cl)c4)c3c2)cc1F. The van der Waals surface area contributed by atoms with Gasteiger partial charge in [0.1, 0.15) is 17.9 Å². The molecule has 0 atom stereocenters. The molecule has 29 heavy (non-hydrogen) atoms. The maximum atomic E-state index is 14.1. The van der Waals surface area contributed by atoms with Crippen molar-refractivity contribution in [2.45, 2.75) is 0 Å². The molecule has 4 rings (SSSR count). The minimum atomic E-state index is -0.416. The maximum absolute atomic E-state index is 14.1. The number of benzene rings is 3. The Bertz CT molecular complexity index is 1200. The van der Waals surface area contributed by atoms with E-state index in [0.29, 0.717) is 16.6 Å². The van der Waals surface area contributed by atoms with Crippen LogP contribution in [0.5, 0.6) is 11.5 Å². The van der Waals surface area contributed by atoms with Gasteiger partial charge >= 0.3 is 0 Å². The van der Waals surface area contributed by atoms with Crippen LogP contribution >= 0.6 is 11.6 Å². The van der Waals surface area contributed by atoms with Gasteiger partial charge in [-0.05, 0) is 53.6 Å². The second kappa shape index (κ2) is 7.93. The number of hydrogen-bond donors (Lipinski definition) is 1. The van der Waals surface area contributed by atoms with Gasteiger partial charge in [-0.25, -0.2) is 14.4 Å². The van der Waals surface area contributed by atoms with E-state index < -0.39 is 5.82 Å². The number of hydrogen-bond acceptors (Lipinski definition) is 5. The van der Waals surface area contributed by atoms with Gasteiger partial charge in [0, 0.05) is 11.1 Å². The van der Waals surface area contributed by atoms with Crippen LogP contribution in [-0.2, 0) is 0 Å². The Labute approximate surface area is 172 Å². The zero-order valence-corrected chi connectivity index (χ0v) is 16.5. The number of rotatable bonds is 5. The smallest absolute Gasteiger partial charge is 0.165 e. The molecular formula is C22H17ClFN3O2. The monoisotopic (exact) mass is 409 g/mol. The van der Waals surface area contributed by atoms with Gasteiger partial charge in [0.15, 0.2) is 11.6 Å². The van der Waals surface area contributed by atoms with E-state index in [1.807, 2.05) is 30.3 Å². The molecule has 0 saturated heterocycles. The van der Waals surface area contributed by atoms with Crippen molar-refractivity contribution in [2.24, 2.45) is 0 Å². The average Bonchev–Trinajstić information content (AvgIpc) is 2.74. The van der Waals surface area contributed by atoms with Gasteiger partial charge in [-0.15, -0.1) is 0 Å². The van der Waals surface area contributed by atoms with Gasteiger partial charge in [-0.1, -0.05) is 23.7 Å². The van der Waals surface area contributed by atoms with Crippen molar-refractivity contribution in [1.29, 1.82) is 0 Å². The number of fused-ring (bicyclic) bond motifs is 1. The molecule has 1 heterocycles. The molecule has 0 fully saturated rings. The van der Waals surface area contributed by atoms with Crippen molar-refractivity contribution < 1.29 is 13.9 Å². The molecule has 5 nitrogen and oxygen atoms in total. The van der Waals surface area contributed by atoms with E-state index in [-0.39, 0.29) is 5.75 Å². The summed E-state index contributed by atoms with van der Waals surface area (Å²) in [5.41, 5.74) is 3.09. The van der Waals surface area contributed by atoms with Gasteiger partial charge in [-0.3, -0.25) is 0 Å². The van der Waals surface area contributed by atoms with Crippen LogP contribution in [-0.4, -0.2) is 24.2 Å². The van der Waals surface area contributed by atoms with Gasteiger partial charge in [-0.2, -0.15) is 0 Å². The van der Waals surface area contributed by atoms with Crippen molar-refractivity contribution in [2.75, 3.05) is 19.5 Å². The lowest BCUT2D eigenvalue weighted by molar-refractivity contribution is 0.386. The number of nitrogens with one attached hydrogen (secondary N) is 1. The molecule has 3 aromatic carbocycles. The minimum Gasteiger partial charge on any atom is -0.495 e. The largest absolute Gasteiger partial charge is 0.495 e. The summed E-state index contributed by atoms with van der Waals surface area (Å²) in [5.74, 6) is 0.998. The van der Waals surface area contributed by atoms with Crippen molar-refractivity contribution in [3.8, 4) is 22.6 Å². The summed E-state index contributed by atoms with van der Waals surface area (Å²) < 4.78 is 24.3. The minimum absolute atomic E-state index is 0.205. The number of methoxy groups -OCH3 is 2. The zero-order chi connectivity index (χ0) is 20.4. The third-order valence-corrected chi connectivity index (χ3v) is 4.83. The standard InChI is InChI=1S/C22H17ClFN3O2/c1-28-20-8-5-15(11-17(20)23)27-22-16-9-13(3-6-19(16)25-12-26-22)14-4-7-21(29-2)18(24)10-14/h3-12H,1-2H3,(H,25,26,27). The molecule has 0 amide bonds. The molecule has 0 aliphatic heterocycles. The first-order valence-corrected chi connectivity index (χ1v) is 9.16.